The molecule has 1 atom stereocenters. The first-order chi connectivity index (χ1) is 5.24. The lowest BCUT2D eigenvalue weighted by Gasteiger charge is -1.95. The molecule has 0 spiro atoms. The Kier molecular flexibility index (Phi) is 3.02. The lowest BCUT2D eigenvalue weighted by molar-refractivity contribution is 0.195. The zero-order valence-electron chi connectivity index (χ0n) is 6.87. The molecule has 62 valence electrons. The van der Waals surface area contributed by atoms with Gasteiger partial charge in [0.1, 0.15) is 0 Å². The maximum atomic E-state index is 9.15. The van der Waals surface area contributed by atoms with E-state index in [1.165, 1.54) is 0 Å². The molecule has 0 aliphatic heterocycles. The Morgan fingerprint density at radius 3 is 2.91 bits per heavy atom. The molecule has 0 bridgehead atoms. The number of rotatable bonds is 3. The van der Waals surface area contributed by atoms with Gasteiger partial charge in [-0.15, -0.1) is 11.3 Å². The Bertz CT molecular complexity index is 220. The summed E-state index contributed by atoms with van der Waals surface area (Å²) < 4.78 is 0. The molecule has 1 unspecified atom stereocenters. The third-order valence-electron chi connectivity index (χ3n) is 1.46. The van der Waals surface area contributed by atoms with E-state index in [2.05, 4.69) is 11.9 Å². The molecule has 2 nitrogen and oxygen atoms in total. The summed E-state index contributed by atoms with van der Waals surface area (Å²) in [6.45, 7) is 3.87. The minimum absolute atomic E-state index is 0.420. The molecule has 0 radical (unpaired) electrons. The van der Waals surface area contributed by atoms with Crippen molar-refractivity contribution in [2.75, 3.05) is 0 Å². The van der Waals surface area contributed by atoms with Crippen LogP contribution in [0.5, 0.6) is 0 Å². The van der Waals surface area contributed by atoms with Crippen molar-refractivity contribution in [1.82, 2.24) is 4.98 Å². The van der Waals surface area contributed by atoms with Gasteiger partial charge in [-0.05, 0) is 19.8 Å². The second-order valence-electron chi connectivity index (χ2n) is 2.59. The molecule has 0 fully saturated rings. The van der Waals surface area contributed by atoms with Gasteiger partial charge in [0.25, 0.3) is 0 Å². The van der Waals surface area contributed by atoms with E-state index in [9.17, 15) is 0 Å². The molecule has 3 heteroatoms. The van der Waals surface area contributed by atoms with E-state index < -0.39 is 6.10 Å². The van der Waals surface area contributed by atoms with Crippen LogP contribution in [0, 0.1) is 0 Å². The summed E-state index contributed by atoms with van der Waals surface area (Å²) in [6.07, 6.45) is 1.72. The molecular weight excluding hydrogens is 158 g/mol. The van der Waals surface area contributed by atoms with E-state index in [-0.39, 0.29) is 0 Å². The Morgan fingerprint density at radius 2 is 2.45 bits per heavy atom. The molecule has 1 heterocycles. The molecule has 0 aromatic carbocycles. The van der Waals surface area contributed by atoms with Crippen LogP contribution in [-0.4, -0.2) is 10.1 Å². The van der Waals surface area contributed by atoms with Crippen LogP contribution in [0.25, 0.3) is 0 Å². The van der Waals surface area contributed by atoms with Gasteiger partial charge in [0.05, 0.1) is 16.8 Å². The van der Waals surface area contributed by atoms with Gasteiger partial charge >= 0.3 is 0 Å². The SMILES string of the molecule is CCCc1nc(C(C)O)cs1. The van der Waals surface area contributed by atoms with Gasteiger partial charge in [0, 0.05) is 5.38 Å². The largest absolute Gasteiger partial charge is 0.387 e. The van der Waals surface area contributed by atoms with Gasteiger partial charge < -0.3 is 5.11 Å². The van der Waals surface area contributed by atoms with Crippen molar-refractivity contribution < 1.29 is 5.11 Å². The molecule has 1 aromatic heterocycles. The quantitative estimate of drug-likeness (QED) is 0.756. The van der Waals surface area contributed by atoms with Gasteiger partial charge in [-0.25, -0.2) is 4.98 Å². The van der Waals surface area contributed by atoms with Crippen molar-refractivity contribution in [1.29, 1.82) is 0 Å². The minimum Gasteiger partial charge on any atom is -0.387 e. The molecule has 11 heavy (non-hydrogen) atoms. The molecular formula is C8H13NOS. The van der Waals surface area contributed by atoms with Crippen LogP contribution in [0.2, 0.25) is 0 Å². The molecule has 0 aliphatic carbocycles. The minimum atomic E-state index is -0.420. The van der Waals surface area contributed by atoms with Gasteiger partial charge in [-0.3, -0.25) is 0 Å². The first-order valence-corrected chi connectivity index (χ1v) is 4.74. The number of aliphatic hydroxyl groups excluding tert-OH is 1. The van der Waals surface area contributed by atoms with E-state index in [0.29, 0.717) is 0 Å². The number of aryl methyl sites for hydroxylation is 1. The van der Waals surface area contributed by atoms with Crippen LogP contribution in [-0.2, 0) is 6.42 Å². The number of thiazole rings is 1. The fraction of sp³-hybridized carbons (Fsp3) is 0.625. The summed E-state index contributed by atoms with van der Waals surface area (Å²) in [7, 11) is 0. The molecule has 1 N–H and O–H groups in total. The van der Waals surface area contributed by atoms with Crippen LogP contribution < -0.4 is 0 Å². The number of nitrogens with zero attached hydrogens (tertiary/aromatic N) is 1. The second kappa shape index (κ2) is 3.83. The molecule has 1 rings (SSSR count). The second-order valence-corrected chi connectivity index (χ2v) is 3.53. The van der Waals surface area contributed by atoms with Crippen LogP contribution in [0.1, 0.15) is 37.1 Å². The molecule has 0 saturated heterocycles. The van der Waals surface area contributed by atoms with E-state index in [1.807, 2.05) is 5.38 Å². The van der Waals surface area contributed by atoms with Crippen LogP contribution >= 0.6 is 11.3 Å². The van der Waals surface area contributed by atoms with E-state index in [4.69, 9.17) is 5.11 Å². The summed E-state index contributed by atoms with van der Waals surface area (Å²) >= 11 is 1.63. The Morgan fingerprint density at radius 1 is 1.73 bits per heavy atom. The molecule has 0 saturated carbocycles. The summed E-state index contributed by atoms with van der Waals surface area (Å²) in [6, 6.07) is 0. The van der Waals surface area contributed by atoms with E-state index in [1.54, 1.807) is 18.3 Å². The summed E-state index contributed by atoms with van der Waals surface area (Å²) in [5.74, 6) is 0. The fourth-order valence-corrected chi connectivity index (χ4v) is 1.83. The average molecular weight is 171 g/mol. The maximum Gasteiger partial charge on any atom is 0.0940 e. The summed E-state index contributed by atoms with van der Waals surface area (Å²) in [4.78, 5) is 4.27. The van der Waals surface area contributed by atoms with Gasteiger partial charge in [0.15, 0.2) is 0 Å². The number of aromatic nitrogens is 1. The summed E-state index contributed by atoms with van der Waals surface area (Å²) in [5.41, 5.74) is 0.804. The molecule has 1 aromatic rings. The highest BCUT2D eigenvalue weighted by Crippen LogP contribution is 2.16. The first kappa shape index (κ1) is 8.68. The Hall–Kier alpha value is -0.410. The predicted molar refractivity (Wildman–Crippen MR) is 46.7 cm³/mol. The number of aliphatic hydroxyl groups is 1. The van der Waals surface area contributed by atoms with Gasteiger partial charge in [-0.2, -0.15) is 0 Å². The standard InChI is InChI=1S/C8H13NOS/c1-3-4-8-9-7(5-11-8)6(2)10/h5-6,10H,3-4H2,1-2H3. The van der Waals surface area contributed by atoms with Crippen LogP contribution in [0.4, 0.5) is 0 Å². The van der Waals surface area contributed by atoms with Crippen molar-refractivity contribution in [3.63, 3.8) is 0 Å². The molecule has 0 amide bonds. The zero-order valence-corrected chi connectivity index (χ0v) is 7.69. The molecule has 0 aliphatic rings. The van der Waals surface area contributed by atoms with Crippen molar-refractivity contribution in [2.24, 2.45) is 0 Å². The first-order valence-electron chi connectivity index (χ1n) is 3.86. The lowest BCUT2D eigenvalue weighted by Crippen LogP contribution is -1.91. The normalized spacial score (nSPS) is 13.4. The highest BCUT2D eigenvalue weighted by Gasteiger charge is 2.05. The highest BCUT2D eigenvalue weighted by atomic mass is 32.1. The number of hydrogen-bond acceptors (Lipinski definition) is 3. The van der Waals surface area contributed by atoms with Crippen molar-refractivity contribution >= 4 is 11.3 Å². The predicted octanol–water partition coefficient (Wildman–Crippen LogP) is 2.15. The Labute approximate surface area is 70.9 Å². The monoisotopic (exact) mass is 171 g/mol. The van der Waals surface area contributed by atoms with Crippen LogP contribution in [0.3, 0.4) is 0 Å². The zero-order chi connectivity index (χ0) is 8.27. The van der Waals surface area contributed by atoms with E-state index in [0.717, 1.165) is 23.5 Å². The van der Waals surface area contributed by atoms with Crippen molar-refractivity contribution in [3.8, 4) is 0 Å². The third-order valence-corrected chi connectivity index (χ3v) is 2.39. The smallest absolute Gasteiger partial charge is 0.0940 e. The number of hydrogen-bond donors (Lipinski definition) is 1. The highest BCUT2D eigenvalue weighted by molar-refractivity contribution is 7.09. The Balaban J connectivity index is 2.66. The summed E-state index contributed by atoms with van der Waals surface area (Å²) in [5, 5.41) is 12.2. The lowest BCUT2D eigenvalue weighted by atomic mass is 10.3. The third kappa shape index (κ3) is 2.27. The van der Waals surface area contributed by atoms with Crippen molar-refractivity contribution in [3.05, 3.63) is 16.1 Å². The maximum absolute atomic E-state index is 9.15. The fourth-order valence-electron chi connectivity index (χ4n) is 0.846. The van der Waals surface area contributed by atoms with Crippen molar-refractivity contribution in [2.45, 2.75) is 32.8 Å². The van der Waals surface area contributed by atoms with Gasteiger partial charge in [-0.1, -0.05) is 6.92 Å². The van der Waals surface area contributed by atoms with Gasteiger partial charge in [0.2, 0.25) is 0 Å². The average Bonchev–Trinajstić information content (AvgIpc) is 2.37. The van der Waals surface area contributed by atoms with Crippen LogP contribution in [0.15, 0.2) is 5.38 Å². The van der Waals surface area contributed by atoms with E-state index >= 15 is 0 Å². The topological polar surface area (TPSA) is 33.1 Å².